The number of aromatic nitrogens is 5. The Balaban J connectivity index is 1.41. The number of carboxylic acids is 2. The summed E-state index contributed by atoms with van der Waals surface area (Å²) < 4.78 is 2.14. The fourth-order valence-corrected chi connectivity index (χ4v) is 9.16. The summed E-state index contributed by atoms with van der Waals surface area (Å²) in [5.74, 6) is -5.09. The molecule has 3 heterocycles. The van der Waals surface area contributed by atoms with Crippen molar-refractivity contribution in [3.05, 3.63) is 134 Å². The van der Waals surface area contributed by atoms with Gasteiger partial charge in [0.1, 0.15) is 17.1 Å². The first-order valence-electron chi connectivity index (χ1n) is 20.4. The summed E-state index contributed by atoms with van der Waals surface area (Å²) in [4.78, 5) is 121. The molecule has 2 unspecified atom stereocenters. The summed E-state index contributed by atoms with van der Waals surface area (Å²) in [7, 11) is 0. The summed E-state index contributed by atoms with van der Waals surface area (Å²) in [6.07, 6.45) is 5.20. The van der Waals surface area contributed by atoms with Crippen LogP contribution in [0.1, 0.15) is 67.7 Å². The molecule has 0 aliphatic carbocycles. The van der Waals surface area contributed by atoms with Crippen LogP contribution in [0.25, 0.3) is 0 Å². The normalized spacial score (nSPS) is 12.9. The minimum Gasteiger partial charge on any atom is -0.481 e. The third-order valence-corrected chi connectivity index (χ3v) is 12.7. The lowest BCUT2D eigenvalue weighted by atomic mass is 10.1. The molecule has 5 rings (SSSR count). The number of aliphatic carboxylic acids is 2. The van der Waals surface area contributed by atoms with Crippen molar-refractivity contribution in [1.82, 2.24) is 34.7 Å². The number of ketones is 2. The molecule has 0 saturated carbocycles. The number of thiazole rings is 1. The highest BCUT2D eigenvalue weighted by Gasteiger charge is 2.32. The van der Waals surface area contributed by atoms with Crippen molar-refractivity contribution in [2.75, 3.05) is 16.4 Å². The van der Waals surface area contributed by atoms with Crippen molar-refractivity contribution in [3.8, 4) is 0 Å². The molecule has 4 N–H and O–H groups in total. The Morgan fingerprint density at radius 2 is 1.09 bits per heavy atom. The van der Waals surface area contributed by atoms with Gasteiger partial charge >= 0.3 is 11.9 Å². The van der Waals surface area contributed by atoms with Crippen molar-refractivity contribution in [2.45, 2.75) is 81.7 Å². The van der Waals surface area contributed by atoms with E-state index in [2.05, 4.69) is 25.6 Å². The van der Waals surface area contributed by atoms with E-state index in [-0.39, 0.29) is 42.5 Å². The number of carbonyl (C=O) groups excluding carboxylic acids is 4. The van der Waals surface area contributed by atoms with Gasteiger partial charge in [0.25, 0.3) is 11.1 Å². The van der Waals surface area contributed by atoms with Gasteiger partial charge < -0.3 is 20.8 Å². The minimum absolute atomic E-state index is 0.0270. The Kier molecular flexibility index (Phi) is 18.7. The Hall–Kier alpha value is -6.45. The monoisotopic (exact) mass is 944 g/mol. The first kappa shape index (κ1) is 49.6. The molecule has 0 aliphatic rings. The molecule has 0 saturated heterocycles. The van der Waals surface area contributed by atoms with E-state index in [9.17, 15) is 48.6 Å². The number of nitrogens with one attached hydrogen (secondary N) is 2. The van der Waals surface area contributed by atoms with Gasteiger partial charge in [0.2, 0.25) is 23.5 Å². The van der Waals surface area contributed by atoms with Crippen LogP contribution in [0, 0.1) is 0 Å². The van der Waals surface area contributed by atoms with Crippen molar-refractivity contribution in [1.29, 1.82) is 0 Å². The van der Waals surface area contributed by atoms with E-state index >= 15 is 0 Å². The molecule has 342 valence electrons. The van der Waals surface area contributed by atoms with E-state index in [1.807, 2.05) is 60.7 Å². The Bertz CT molecular complexity index is 2380. The molecule has 18 nitrogen and oxygen atoms in total. The molecule has 65 heavy (non-hydrogen) atoms. The van der Waals surface area contributed by atoms with Crippen LogP contribution < -0.4 is 26.7 Å². The fourth-order valence-electron chi connectivity index (χ4n) is 6.69. The zero-order valence-corrected chi connectivity index (χ0v) is 37.9. The molecule has 5 aromatic rings. The fraction of sp³-hybridized carbons (Fsp3) is 0.341. The number of rotatable bonds is 26. The molecule has 4 atom stereocenters. The topological polar surface area (TPSA) is 253 Å². The number of anilines is 2. The number of hydrogen-bond donors (Lipinski definition) is 4. The average molecular weight is 945 g/mol. The van der Waals surface area contributed by atoms with Gasteiger partial charge in [-0.15, -0.1) is 34.9 Å². The minimum atomic E-state index is -1.39. The second-order valence-electron chi connectivity index (χ2n) is 14.5. The predicted molar refractivity (Wildman–Crippen MR) is 247 cm³/mol. The Morgan fingerprint density at radius 1 is 0.662 bits per heavy atom. The molecular weight excluding hydrogens is 897 g/mol. The van der Waals surface area contributed by atoms with Crippen LogP contribution in [-0.4, -0.2) is 93.2 Å². The van der Waals surface area contributed by atoms with Crippen LogP contribution in [0.15, 0.2) is 107 Å². The maximum Gasteiger partial charge on any atom is 0.305 e. The lowest BCUT2D eigenvalue weighted by molar-refractivity contribution is -0.140. The molecule has 2 amide bonds. The maximum absolute atomic E-state index is 14.4. The van der Waals surface area contributed by atoms with Gasteiger partial charge in [0.05, 0.1) is 43.0 Å². The number of hydrogen-bond acceptors (Lipinski definition) is 15. The van der Waals surface area contributed by atoms with Gasteiger partial charge in [0.15, 0.2) is 11.6 Å². The number of Topliss-reactive ketones (excluding diaryl/α,β-unsaturated/α-hetero) is 2. The van der Waals surface area contributed by atoms with Gasteiger partial charge in [-0.1, -0.05) is 74.5 Å². The third-order valence-electron chi connectivity index (χ3n) is 9.92. The van der Waals surface area contributed by atoms with E-state index < -0.39 is 83.4 Å². The molecule has 21 heteroatoms. The van der Waals surface area contributed by atoms with Gasteiger partial charge in [-0.25, -0.2) is 15.0 Å². The summed E-state index contributed by atoms with van der Waals surface area (Å²) >= 11 is 3.75. The second-order valence-corrected chi connectivity index (χ2v) is 17.4. The van der Waals surface area contributed by atoms with Crippen molar-refractivity contribution < 1.29 is 39.0 Å². The number of nitrogens with zero attached hydrogens (tertiary/aromatic N) is 6. The van der Waals surface area contributed by atoms with Crippen LogP contribution in [0.3, 0.4) is 0 Å². The quantitative estimate of drug-likeness (QED) is 0.0599. The molecule has 0 spiro atoms. The van der Waals surface area contributed by atoms with E-state index in [1.54, 1.807) is 19.2 Å². The van der Waals surface area contributed by atoms with Crippen LogP contribution in [0.5, 0.6) is 0 Å². The van der Waals surface area contributed by atoms with Gasteiger partial charge in [-0.05, 0) is 24.0 Å². The molecular formula is C44H48N8O10S3. The SMILES string of the molecule is CCC(C(=O)N[C@@H](CC(=O)O)C(=O)CSCc1ccccc1)n1ccnc(N(Cc2nccs2)c2nccn(C(CC)C(=O)N[C@@H](CC(=O)O)C(=O)CSCc3ccccc3)c2=O)c1=O. The van der Waals surface area contributed by atoms with E-state index in [4.69, 9.17) is 0 Å². The zero-order valence-electron chi connectivity index (χ0n) is 35.5. The average Bonchev–Trinajstić information content (AvgIpc) is 3.81. The highest BCUT2D eigenvalue weighted by molar-refractivity contribution is 7.99. The smallest absolute Gasteiger partial charge is 0.305 e. The molecule has 0 fully saturated rings. The van der Waals surface area contributed by atoms with Gasteiger partial charge in [0, 0.05) is 47.9 Å². The van der Waals surface area contributed by atoms with Gasteiger partial charge in [-0.3, -0.25) is 52.4 Å². The van der Waals surface area contributed by atoms with Crippen LogP contribution in [0.4, 0.5) is 11.6 Å². The molecule has 3 aromatic heterocycles. The zero-order chi connectivity index (χ0) is 46.9. The maximum atomic E-state index is 14.4. The molecule has 0 radical (unpaired) electrons. The van der Waals surface area contributed by atoms with Crippen molar-refractivity contribution in [3.63, 3.8) is 0 Å². The highest BCUT2D eigenvalue weighted by Crippen LogP contribution is 2.23. The van der Waals surface area contributed by atoms with E-state index in [0.717, 1.165) is 20.3 Å². The number of benzene rings is 2. The standard InChI is InChI=1S/C44H48N8O10S3/c1-3-32(41(59)48-30(21-37(55)56)34(53)26-63-24-28-11-7-5-8-12-28)50-18-15-46-39(43(50)61)52(23-36-45-17-20-65-36)40-44(62)51(19-16-47-40)33(4-2)42(60)49-31(22-38(57)58)35(54)27-64-25-29-13-9-6-10-14-29/h5-20,30-33H,3-4,21-27H2,1-2H3,(H,48,59)(H,49,60)(H,55,56)(H,57,58)/t30-,31-,32?,33?/m0/s1. The number of thioether (sulfide) groups is 2. The van der Waals surface area contributed by atoms with E-state index in [1.165, 1.54) is 70.7 Å². The highest BCUT2D eigenvalue weighted by atomic mass is 32.2. The second kappa shape index (κ2) is 24.6. The van der Waals surface area contributed by atoms with Crippen molar-refractivity contribution >= 4 is 81.8 Å². The first-order valence-corrected chi connectivity index (χ1v) is 23.6. The Labute approximate surface area is 385 Å². The number of carbonyl (C=O) groups is 6. The number of amides is 2. The van der Waals surface area contributed by atoms with E-state index in [0.29, 0.717) is 16.5 Å². The number of carboxylic acid groups (broad SMARTS) is 2. The summed E-state index contributed by atoms with van der Waals surface area (Å²) in [5, 5.41) is 26.4. The van der Waals surface area contributed by atoms with Crippen LogP contribution in [0.2, 0.25) is 0 Å². The molecule has 0 aliphatic heterocycles. The first-order chi connectivity index (χ1) is 31.3. The van der Waals surface area contributed by atoms with Crippen LogP contribution >= 0.6 is 34.9 Å². The molecule has 0 bridgehead atoms. The lowest BCUT2D eigenvalue weighted by Crippen LogP contribution is -2.48. The molecule has 2 aromatic carbocycles. The van der Waals surface area contributed by atoms with Crippen molar-refractivity contribution in [2.24, 2.45) is 0 Å². The predicted octanol–water partition coefficient (Wildman–Crippen LogP) is 4.42. The largest absolute Gasteiger partial charge is 0.481 e. The Morgan fingerprint density at radius 3 is 1.46 bits per heavy atom. The van der Waals surface area contributed by atoms with Crippen LogP contribution in [-0.2, 0) is 46.8 Å². The summed E-state index contributed by atoms with van der Waals surface area (Å²) in [6, 6.07) is 13.5. The summed E-state index contributed by atoms with van der Waals surface area (Å²) in [5.41, 5.74) is 0.248. The lowest BCUT2D eigenvalue weighted by Gasteiger charge is -2.26. The third kappa shape index (κ3) is 14.0. The summed E-state index contributed by atoms with van der Waals surface area (Å²) in [6.45, 7) is 3.05. The van der Waals surface area contributed by atoms with Gasteiger partial charge in [-0.2, -0.15) is 0 Å².